The van der Waals surface area contributed by atoms with E-state index in [2.05, 4.69) is 15.6 Å². The standard InChI is InChI=1S/C27H26N6O3/c1-27(2,36)17-33-23-14-13-21(32(3)24(34)19-7-5-4-6-8-19)15-22(23)30-25(33)31-26(35)29-20-11-9-18(16-28)10-12-20/h4-15,36H,17H2,1-3H3,(H2,29,30,31,35). The molecule has 182 valence electrons. The summed E-state index contributed by atoms with van der Waals surface area (Å²) in [6.07, 6.45) is 0. The van der Waals surface area contributed by atoms with Gasteiger partial charge in [0.2, 0.25) is 5.95 Å². The number of benzene rings is 3. The molecule has 0 saturated heterocycles. The van der Waals surface area contributed by atoms with Gasteiger partial charge in [0, 0.05) is 24.0 Å². The van der Waals surface area contributed by atoms with Crippen molar-refractivity contribution in [2.75, 3.05) is 22.6 Å². The highest BCUT2D eigenvalue weighted by Crippen LogP contribution is 2.27. The monoisotopic (exact) mass is 482 g/mol. The maximum atomic E-state index is 12.9. The molecule has 9 heteroatoms. The molecule has 0 aliphatic carbocycles. The topological polar surface area (TPSA) is 123 Å². The number of nitrogens with one attached hydrogen (secondary N) is 2. The zero-order valence-corrected chi connectivity index (χ0v) is 20.2. The minimum Gasteiger partial charge on any atom is -0.389 e. The minimum atomic E-state index is -1.08. The minimum absolute atomic E-state index is 0.161. The first-order valence-corrected chi connectivity index (χ1v) is 11.3. The number of hydrogen-bond donors (Lipinski definition) is 3. The van der Waals surface area contributed by atoms with E-state index in [4.69, 9.17) is 5.26 Å². The zero-order chi connectivity index (χ0) is 25.9. The molecule has 0 saturated carbocycles. The van der Waals surface area contributed by atoms with E-state index in [1.807, 2.05) is 30.3 Å². The predicted octanol–water partition coefficient (Wildman–Crippen LogP) is 4.60. The van der Waals surface area contributed by atoms with E-state index in [-0.39, 0.29) is 18.4 Å². The average molecular weight is 483 g/mol. The third kappa shape index (κ3) is 5.51. The van der Waals surface area contributed by atoms with Gasteiger partial charge in [-0.1, -0.05) is 18.2 Å². The lowest BCUT2D eigenvalue weighted by molar-refractivity contribution is 0.0632. The predicted molar refractivity (Wildman–Crippen MR) is 139 cm³/mol. The summed E-state index contributed by atoms with van der Waals surface area (Å²) in [5.41, 5.74) is 2.37. The molecule has 1 heterocycles. The number of aromatic nitrogens is 2. The Labute approximate surface area is 208 Å². The largest absolute Gasteiger partial charge is 0.389 e. The van der Waals surface area contributed by atoms with E-state index < -0.39 is 11.6 Å². The lowest BCUT2D eigenvalue weighted by Crippen LogP contribution is -2.28. The fourth-order valence-corrected chi connectivity index (χ4v) is 3.75. The summed E-state index contributed by atoms with van der Waals surface area (Å²) in [5, 5.41) is 24.9. The van der Waals surface area contributed by atoms with Crippen molar-refractivity contribution in [1.82, 2.24) is 9.55 Å². The Balaban J connectivity index is 1.63. The second-order valence-electron chi connectivity index (χ2n) is 9.01. The van der Waals surface area contributed by atoms with Gasteiger partial charge in [0.05, 0.1) is 34.8 Å². The Hall–Kier alpha value is -4.68. The number of imidazole rings is 1. The van der Waals surface area contributed by atoms with Crippen LogP contribution in [0.2, 0.25) is 0 Å². The van der Waals surface area contributed by atoms with Crippen LogP contribution in [-0.2, 0) is 6.54 Å². The van der Waals surface area contributed by atoms with Gasteiger partial charge in [0.25, 0.3) is 5.91 Å². The number of fused-ring (bicyclic) bond motifs is 1. The molecule has 0 bridgehead atoms. The third-order valence-electron chi connectivity index (χ3n) is 5.49. The Morgan fingerprint density at radius 1 is 1.06 bits per heavy atom. The van der Waals surface area contributed by atoms with Crippen molar-refractivity contribution in [2.45, 2.75) is 26.0 Å². The first kappa shape index (κ1) is 24.4. The maximum absolute atomic E-state index is 12.9. The molecule has 4 rings (SSSR count). The van der Waals surface area contributed by atoms with Gasteiger partial charge in [0.1, 0.15) is 0 Å². The molecule has 3 amide bonds. The smallest absolute Gasteiger partial charge is 0.326 e. The SMILES string of the molecule is CN(C(=O)c1ccccc1)c1ccc2c(c1)nc(NC(=O)Nc1ccc(C#N)cc1)n2CC(C)(C)O. The van der Waals surface area contributed by atoms with Crippen LogP contribution in [0, 0.1) is 11.3 Å². The summed E-state index contributed by atoms with van der Waals surface area (Å²) >= 11 is 0. The van der Waals surface area contributed by atoms with Crippen molar-refractivity contribution >= 4 is 40.3 Å². The normalized spacial score (nSPS) is 11.1. The third-order valence-corrected chi connectivity index (χ3v) is 5.49. The van der Waals surface area contributed by atoms with Crippen molar-refractivity contribution < 1.29 is 14.7 Å². The fraction of sp³-hybridized carbons (Fsp3) is 0.185. The van der Waals surface area contributed by atoms with Crippen LogP contribution in [0.5, 0.6) is 0 Å². The molecular weight excluding hydrogens is 456 g/mol. The Kier molecular flexibility index (Phi) is 6.72. The van der Waals surface area contributed by atoms with Crippen LogP contribution in [0.3, 0.4) is 0 Å². The number of carbonyl (C=O) groups excluding carboxylic acids is 2. The van der Waals surface area contributed by atoms with Gasteiger partial charge in [-0.25, -0.2) is 9.78 Å². The Bertz CT molecular complexity index is 1450. The zero-order valence-electron chi connectivity index (χ0n) is 20.2. The van der Waals surface area contributed by atoms with Crippen LogP contribution in [0.4, 0.5) is 22.1 Å². The van der Waals surface area contributed by atoms with Crippen LogP contribution in [-0.4, -0.2) is 39.2 Å². The second kappa shape index (κ2) is 9.90. The summed E-state index contributed by atoms with van der Waals surface area (Å²) in [7, 11) is 1.69. The molecule has 4 aromatic rings. The first-order chi connectivity index (χ1) is 17.1. The number of urea groups is 1. The quantitative estimate of drug-likeness (QED) is 0.371. The summed E-state index contributed by atoms with van der Waals surface area (Å²) in [4.78, 5) is 31.7. The van der Waals surface area contributed by atoms with Crippen LogP contribution < -0.4 is 15.5 Å². The van der Waals surface area contributed by atoms with Crippen molar-refractivity contribution in [1.29, 1.82) is 5.26 Å². The highest BCUT2D eigenvalue weighted by molar-refractivity contribution is 6.06. The van der Waals surface area contributed by atoms with Crippen molar-refractivity contribution in [3.8, 4) is 6.07 Å². The number of carbonyl (C=O) groups is 2. The van der Waals surface area contributed by atoms with Crippen molar-refractivity contribution in [3.05, 3.63) is 83.9 Å². The van der Waals surface area contributed by atoms with Gasteiger partial charge >= 0.3 is 6.03 Å². The van der Waals surface area contributed by atoms with Crippen LogP contribution >= 0.6 is 0 Å². The van der Waals surface area contributed by atoms with E-state index in [9.17, 15) is 14.7 Å². The molecule has 36 heavy (non-hydrogen) atoms. The molecule has 3 N–H and O–H groups in total. The first-order valence-electron chi connectivity index (χ1n) is 11.3. The summed E-state index contributed by atoms with van der Waals surface area (Å²) in [6.45, 7) is 3.51. The van der Waals surface area contributed by atoms with E-state index in [1.165, 1.54) is 4.90 Å². The molecule has 0 radical (unpaired) electrons. The number of aliphatic hydroxyl groups is 1. The fourth-order valence-electron chi connectivity index (χ4n) is 3.75. The van der Waals surface area contributed by atoms with Gasteiger partial charge in [0.15, 0.2) is 0 Å². The maximum Gasteiger partial charge on any atom is 0.326 e. The highest BCUT2D eigenvalue weighted by Gasteiger charge is 2.22. The Morgan fingerprint density at radius 2 is 1.75 bits per heavy atom. The lowest BCUT2D eigenvalue weighted by Gasteiger charge is -2.21. The number of nitriles is 1. The number of anilines is 3. The molecule has 0 atom stereocenters. The van der Waals surface area contributed by atoms with Crippen LogP contribution in [0.25, 0.3) is 11.0 Å². The van der Waals surface area contributed by atoms with Gasteiger partial charge in [-0.3, -0.25) is 10.1 Å². The van der Waals surface area contributed by atoms with Crippen LogP contribution in [0.1, 0.15) is 29.8 Å². The molecule has 3 aromatic carbocycles. The number of rotatable bonds is 6. The molecule has 0 aliphatic heterocycles. The van der Waals surface area contributed by atoms with Crippen molar-refractivity contribution in [3.63, 3.8) is 0 Å². The molecule has 1 aromatic heterocycles. The highest BCUT2D eigenvalue weighted by atomic mass is 16.3. The molecule has 0 aliphatic rings. The van der Waals surface area contributed by atoms with E-state index in [0.29, 0.717) is 33.5 Å². The molecule has 9 nitrogen and oxygen atoms in total. The van der Waals surface area contributed by atoms with Gasteiger partial charge < -0.3 is 19.9 Å². The van der Waals surface area contributed by atoms with Gasteiger partial charge in [-0.2, -0.15) is 5.26 Å². The summed E-state index contributed by atoms with van der Waals surface area (Å²) in [5.74, 6) is 0.0819. The van der Waals surface area contributed by atoms with Crippen LogP contribution in [0.15, 0.2) is 72.8 Å². The molecule has 0 fully saturated rings. The molecule has 0 spiro atoms. The number of amides is 3. The van der Waals surface area contributed by atoms with E-state index in [0.717, 1.165) is 0 Å². The number of nitrogens with zero attached hydrogens (tertiary/aromatic N) is 4. The van der Waals surface area contributed by atoms with E-state index in [1.54, 1.807) is 74.0 Å². The lowest BCUT2D eigenvalue weighted by atomic mass is 10.1. The number of hydrogen-bond acceptors (Lipinski definition) is 5. The average Bonchev–Trinajstić information content (AvgIpc) is 3.18. The second-order valence-corrected chi connectivity index (χ2v) is 9.01. The summed E-state index contributed by atoms with van der Waals surface area (Å²) in [6, 6.07) is 22.3. The van der Waals surface area contributed by atoms with E-state index >= 15 is 0 Å². The summed E-state index contributed by atoms with van der Waals surface area (Å²) < 4.78 is 1.72. The Morgan fingerprint density at radius 3 is 2.39 bits per heavy atom. The van der Waals surface area contributed by atoms with Crippen molar-refractivity contribution in [2.24, 2.45) is 0 Å². The van der Waals surface area contributed by atoms with Gasteiger partial charge in [-0.05, 0) is 68.4 Å². The molecular formula is C27H26N6O3. The molecule has 0 unspecified atom stereocenters. The van der Waals surface area contributed by atoms with Gasteiger partial charge in [-0.15, -0.1) is 0 Å².